The SMILES string of the molecule is COc1cccc2c1C(=O)[C@]1(O)C[C@H](O[Si](C)(C)C(C)(C)C)C(C)=C(C[C@H]2C=O)C1(C)C. The minimum absolute atomic E-state index is 0.0131. The lowest BCUT2D eigenvalue weighted by Crippen LogP contribution is -2.60. The Morgan fingerprint density at radius 1 is 1.22 bits per heavy atom. The van der Waals surface area contributed by atoms with Crippen LogP contribution in [0, 0.1) is 5.41 Å². The summed E-state index contributed by atoms with van der Waals surface area (Å²) in [5.41, 5.74) is 0.386. The summed E-state index contributed by atoms with van der Waals surface area (Å²) in [6, 6.07) is 5.30. The van der Waals surface area contributed by atoms with Gasteiger partial charge in [0.25, 0.3) is 0 Å². The Bertz CT molecular complexity index is 969. The van der Waals surface area contributed by atoms with Gasteiger partial charge >= 0.3 is 0 Å². The smallest absolute Gasteiger partial charge is 0.199 e. The Morgan fingerprint density at radius 2 is 1.84 bits per heavy atom. The van der Waals surface area contributed by atoms with Gasteiger partial charge in [-0.2, -0.15) is 0 Å². The second-order valence-electron chi connectivity index (χ2n) is 11.4. The maximum Gasteiger partial charge on any atom is 0.199 e. The molecule has 1 N–H and O–H groups in total. The van der Waals surface area contributed by atoms with Crippen molar-refractivity contribution in [1.82, 2.24) is 0 Å². The summed E-state index contributed by atoms with van der Waals surface area (Å²) in [5, 5.41) is 12.1. The van der Waals surface area contributed by atoms with Gasteiger partial charge in [-0.3, -0.25) is 4.79 Å². The summed E-state index contributed by atoms with van der Waals surface area (Å²) >= 11 is 0. The highest BCUT2D eigenvalue weighted by molar-refractivity contribution is 6.74. The number of carbonyl (C=O) groups is 2. The predicted molar refractivity (Wildman–Crippen MR) is 129 cm³/mol. The zero-order valence-corrected chi connectivity index (χ0v) is 22.0. The Balaban J connectivity index is 2.27. The second kappa shape index (κ2) is 7.92. The molecule has 1 aromatic carbocycles. The Labute approximate surface area is 193 Å². The van der Waals surface area contributed by atoms with Gasteiger partial charge in [-0.05, 0) is 48.7 Å². The molecule has 2 bridgehead atoms. The maximum atomic E-state index is 14.1. The van der Waals surface area contributed by atoms with Crippen LogP contribution in [-0.4, -0.2) is 44.3 Å². The van der Waals surface area contributed by atoms with E-state index in [4.69, 9.17) is 9.16 Å². The third-order valence-corrected chi connectivity index (χ3v) is 12.8. The monoisotopic (exact) mass is 458 g/mol. The van der Waals surface area contributed by atoms with Crippen molar-refractivity contribution in [3.63, 3.8) is 0 Å². The van der Waals surface area contributed by atoms with Gasteiger partial charge in [-0.15, -0.1) is 0 Å². The number of ketones is 1. The van der Waals surface area contributed by atoms with Crippen LogP contribution in [0.2, 0.25) is 18.1 Å². The van der Waals surface area contributed by atoms with Crippen molar-refractivity contribution in [2.75, 3.05) is 7.11 Å². The van der Waals surface area contributed by atoms with Gasteiger partial charge in [-0.25, -0.2) is 0 Å². The molecule has 0 saturated heterocycles. The molecule has 3 atom stereocenters. The molecule has 3 rings (SSSR count). The van der Waals surface area contributed by atoms with E-state index in [9.17, 15) is 14.7 Å². The number of hydrogen-bond acceptors (Lipinski definition) is 5. The average Bonchev–Trinajstić information content (AvgIpc) is 2.69. The van der Waals surface area contributed by atoms with Crippen LogP contribution in [0.3, 0.4) is 0 Å². The van der Waals surface area contributed by atoms with Crippen LogP contribution in [0.5, 0.6) is 5.75 Å². The Hall–Kier alpha value is -1.76. The molecule has 0 aromatic heterocycles. The number of Topliss-reactive ketones (excluding diaryl/α,β-unsaturated/α-hetero) is 1. The summed E-state index contributed by atoms with van der Waals surface area (Å²) in [6.07, 6.45) is 1.15. The highest BCUT2D eigenvalue weighted by atomic mass is 28.4. The van der Waals surface area contributed by atoms with Crippen molar-refractivity contribution >= 4 is 20.4 Å². The molecule has 0 aliphatic heterocycles. The molecule has 0 saturated carbocycles. The predicted octanol–water partition coefficient (Wildman–Crippen LogP) is 5.43. The standard InChI is InChI=1S/C26H38O5Si/c1-16-19-13-17(15-27)18-11-10-12-20(30-7)22(18)23(28)26(29,25(19,5)6)14-21(16)31-32(8,9)24(2,3)4/h10-12,15,17,21,29H,13-14H2,1-9H3/t17-,21-,26+/m0/s1. The first-order valence-electron chi connectivity index (χ1n) is 11.4. The topological polar surface area (TPSA) is 72.8 Å². The molecule has 0 radical (unpaired) electrons. The number of aliphatic hydroxyl groups is 1. The third kappa shape index (κ3) is 3.60. The van der Waals surface area contributed by atoms with Crippen LogP contribution in [-0.2, 0) is 9.22 Å². The lowest BCUT2D eigenvalue weighted by atomic mass is 9.56. The molecular formula is C26H38O5Si. The highest BCUT2D eigenvalue weighted by Crippen LogP contribution is 2.55. The lowest BCUT2D eigenvalue weighted by molar-refractivity contribution is -0.109. The summed E-state index contributed by atoms with van der Waals surface area (Å²) in [6.45, 7) is 16.7. The van der Waals surface area contributed by atoms with Gasteiger partial charge in [0.1, 0.15) is 17.6 Å². The molecule has 32 heavy (non-hydrogen) atoms. The number of carbonyl (C=O) groups excluding carboxylic acids is 2. The van der Waals surface area contributed by atoms with E-state index in [1.54, 1.807) is 18.2 Å². The van der Waals surface area contributed by atoms with Crippen LogP contribution in [0.25, 0.3) is 0 Å². The van der Waals surface area contributed by atoms with Crippen molar-refractivity contribution in [2.45, 2.75) is 90.1 Å². The van der Waals surface area contributed by atoms with E-state index in [1.807, 2.05) is 20.8 Å². The number of benzene rings is 1. The summed E-state index contributed by atoms with van der Waals surface area (Å²) in [4.78, 5) is 26.3. The van der Waals surface area contributed by atoms with Gasteiger partial charge in [0.15, 0.2) is 14.1 Å². The molecule has 0 unspecified atom stereocenters. The molecule has 0 heterocycles. The second-order valence-corrected chi connectivity index (χ2v) is 16.2. The van der Waals surface area contributed by atoms with Crippen LogP contribution in [0.15, 0.2) is 29.3 Å². The number of hydrogen-bond donors (Lipinski definition) is 1. The van der Waals surface area contributed by atoms with E-state index in [0.29, 0.717) is 23.3 Å². The van der Waals surface area contributed by atoms with Crippen LogP contribution >= 0.6 is 0 Å². The quantitative estimate of drug-likeness (QED) is 0.370. The molecular weight excluding hydrogens is 420 g/mol. The van der Waals surface area contributed by atoms with Gasteiger partial charge < -0.3 is 19.1 Å². The first-order valence-corrected chi connectivity index (χ1v) is 14.3. The minimum atomic E-state index is -2.18. The zero-order valence-electron chi connectivity index (χ0n) is 21.0. The highest BCUT2D eigenvalue weighted by Gasteiger charge is 2.59. The van der Waals surface area contributed by atoms with Crippen molar-refractivity contribution in [3.8, 4) is 5.75 Å². The van der Waals surface area contributed by atoms with E-state index >= 15 is 0 Å². The summed E-state index contributed by atoms with van der Waals surface area (Å²) in [7, 11) is -0.671. The maximum absolute atomic E-state index is 14.1. The largest absolute Gasteiger partial charge is 0.496 e. The number of aldehydes is 1. The molecule has 1 aromatic rings. The fourth-order valence-electron chi connectivity index (χ4n) is 5.00. The first kappa shape index (κ1) is 24.9. The van der Waals surface area contributed by atoms with Crippen molar-refractivity contribution in [3.05, 3.63) is 40.5 Å². The van der Waals surface area contributed by atoms with Crippen molar-refractivity contribution in [2.24, 2.45) is 5.41 Å². The van der Waals surface area contributed by atoms with E-state index < -0.39 is 31.0 Å². The summed E-state index contributed by atoms with van der Waals surface area (Å²) in [5.74, 6) is -0.500. The van der Waals surface area contributed by atoms with Crippen LogP contribution < -0.4 is 4.74 Å². The van der Waals surface area contributed by atoms with E-state index in [-0.39, 0.29) is 17.6 Å². The number of fused-ring (bicyclic) bond motifs is 3. The molecule has 0 spiro atoms. The lowest BCUT2D eigenvalue weighted by Gasteiger charge is -2.53. The minimum Gasteiger partial charge on any atom is -0.496 e. The fraction of sp³-hybridized carbons (Fsp3) is 0.615. The Kier molecular flexibility index (Phi) is 6.16. The zero-order chi connectivity index (χ0) is 24.3. The van der Waals surface area contributed by atoms with Crippen LogP contribution in [0.4, 0.5) is 0 Å². The normalized spacial score (nSPS) is 28.0. The van der Waals surface area contributed by atoms with E-state index in [2.05, 4.69) is 33.9 Å². The molecule has 6 heteroatoms. The van der Waals surface area contributed by atoms with Gasteiger partial charge in [0.05, 0.1) is 18.8 Å². The molecule has 2 aliphatic rings. The van der Waals surface area contributed by atoms with Gasteiger partial charge in [0, 0.05) is 17.8 Å². The first-order chi connectivity index (χ1) is 14.6. The molecule has 5 nitrogen and oxygen atoms in total. The third-order valence-electron chi connectivity index (χ3n) is 8.34. The van der Waals surface area contributed by atoms with Crippen LogP contribution in [0.1, 0.15) is 76.2 Å². The van der Waals surface area contributed by atoms with Crippen molar-refractivity contribution in [1.29, 1.82) is 0 Å². The average molecular weight is 459 g/mol. The Morgan fingerprint density at radius 3 is 2.38 bits per heavy atom. The van der Waals surface area contributed by atoms with Gasteiger partial charge in [0.2, 0.25) is 0 Å². The van der Waals surface area contributed by atoms with Crippen molar-refractivity contribution < 1.29 is 23.9 Å². The summed E-state index contributed by atoms with van der Waals surface area (Å²) < 4.78 is 12.3. The number of rotatable bonds is 4. The molecule has 2 aliphatic carbocycles. The van der Waals surface area contributed by atoms with E-state index in [1.165, 1.54) is 7.11 Å². The van der Waals surface area contributed by atoms with Gasteiger partial charge in [-0.1, -0.05) is 52.3 Å². The molecule has 176 valence electrons. The molecule has 0 fully saturated rings. The number of ether oxygens (including phenoxy) is 1. The fourth-order valence-corrected chi connectivity index (χ4v) is 6.32. The van der Waals surface area contributed by atoms with E-state index in [0.717, 1.165) is 17.4 Å². The number of methoxy groups -OCH3 is 1. The molecule has 0 amide bonds.